The number of fused-ring (bicyclic) bond motifs is 2. The molecule has 7 nitrogen and oxygen atoms in total. The molecule has 0 radical (unpaired) electrons. The number of nitrogens with zero attached hydrogens (tertiary/aromatic N) is 5. The van der Waals surface area contributed by atoms with Gasteiger partial charge in [0.15, 0.2) is 11.6 Å². The molecule has 0 unspecified atom stereocenters. The fourth-order valence-electron chi connectivity index (χ4n) is 3.13. The molecule has 26 heavy (non-hydrogen) atoms. The van der Waals surface area contributed by atoms with Crippen molar-refractivity contribution in [3.8, 4) is 23.0 Å². The lowest BCUT2D eigenvalue weighted by molar-refractivity contribution is 1.01. The number of benzene rings is 2. The first-order chi connectivity index (χ1) is 12.7. The molecule has 0 aliphatic carbocycles. The topological polar surface area (TPSA) is 101 Å². The summed E-state index contributed by atoms with van der Waals surface area (Å²) in [4.78, 5) is 13.9. The minimum Gasteiger partial charge on any atom is -0.337 e. The Balaban J connectivity index is 1.69. The molecule has 0 saturated carbocycles. The number of nitrogen functional groups attached to an aromatic ring is 2. The molecular weight excluding hydrogens is 326 g/mol. The molecule has 0 atom stereocenters. The van der Waals surface area contributed by atoms with Crippen LogP contribution in [0, 0.1) is 0 Å². The molecule has 2 aromatic carbocycles. The Morgan fingerprint density at radius 1 is 0.538 bits per heavy atom. The zero-order valence-electron chi connectivity index (χ0n) is 13.7. The largest absolute Gasteiger partial charge is 0.337 e. The molecule has 0 amide bonds. The van der Waals surface area contributed by atoms with Crippen molar-refractivity contribution in [3.63, 3.8) is 0 Å². The number of imidazole rings is 2. The van der Waals surface area contributed by atoms with Gasteiger partial charge in [-0.1, -0.05) is 30.3 Å². The van der Waals surface area contributed by atoms with Gasteiger partial charge in [0, 0.05) is 0 Å². The summed E-state index contributed by atoms with van der Waals surface area (Å²) < 4.78 is 3.10. The second-order valence-electron chi connectivity index (χ2n) is 6.00. The van der Waals surface area contributed by atoms with E-state index in [1.165, 1.54) is 0 Å². The van der Waals surface area contributed by atoms with E-state index < -0.39 is 0 Å². The van der Waals surface area contributed by atoms with E-state index in [1.807, 2.05) is 66.7 Å². The predicted molar refractivity (Wildman–Crippen MR) is 102 cm³/mol. The van der Waals surface area contributed by atoms with Crippen molar-refractivity contribution < 1.29 is 0 Å². The summed E-state index contributed by atoms with van der Waals surface area (Å²) in [6.07, 6.45) is 0. The van der Waals surface area contributed by atoms with Crippen LogP contribution in [0.15, 0.2) is 66.7 Å². The third-order valence-electron chi connectivity index (χ3n) is 4.40. The Morgan fingerprint density at radius 2 is 1.00 bits per heavy atom. The second-order valence-corrected chi connectivity index (χ2v) is 6.00. The predicted octanol–water partition coefficient (Wildman–Crippen LogP) is 2.54. The van der Waals surface area contributed by atoms with Gasteiger partial charge in [0.2, 0.25) is 0 Å². The average Bonchev–Trinajstić information content (AvgIpc) is 3.20. The maximum Gasteiger partial charge on any atom is 0.178 e. The van der Waals surface area contributed by atoms with Crippen molar-refractivity contribution >= 4 is 22.1 Å². The lowest BCUT2D eigenvalue weighted by atomic mass is 10.3. The quantitative estimate of drug-likeness (QED) is 0.481. The summed E-state index contributed by atoms with van der Waals surface area (Å²) in [6.45, 7) is 0. The van der Waals surface area contributed by atoms with Crippen molar-refractivity contribution in [2.75, 3.05) is 11.7 Å². The van der Waals surface area contributed by atoms with Crippen LogP contribution >= 0.6 is 0 Å². The highest BCUT2D eigenvalue weighted by molar-refractivity contribution is 5.82. The van der Waals surface area contributed by atoms with Crippen LogP contribution in [0.4, 0.5) is 0 Å². The molecule has 0 aliphatic heterocycles. The Labute approximate surface area is 148 Å². The minimum atomic E-state index is 0.590. The molecule has 3 heterocycles. The van der Waals surface area contributed by atoms with E-state index in [1.54, 1.807) is 9.35 Å². The Hall–Kier alpha value is -3.87. The SMILES string of the molecule is Nn1c(-c2cccc(-c3nc4ccccc4n3N)n2)nc2ccccc21. The number of para-hydroxylation sites is 4. The molecule has 0 saturated heterocycles. The van der Waals surface area contributed by atoms with Gasteiger partial charge in [-0.25, -0.2) is 24.3 Å². The monoisotopic (exact) mass is 341 g/mol. The fraction of sp³-hybridized carbons (Fsp3) is 0. The van der Waals surface area contributed by atoms with Crippen molar-refractivity contribution in [2.24, 2.45) is 0 Å². The van der Waals surface area contributed by atoms with E-state index in [4.69, 9.17) is 16.7 Å². The van der Waals surface area contributed by atoms with Gasteiger partial charge < -0.3 is 11.7 Å². The van der Waals surface area contributed by atoms with Crippen molar-refractivity contribution in [1.82, 2.24) is 24.3 Å². The Morgan fingerprint density at radius 3 is 1.46 bits per heavy atom. The molecular formula is C19H15N7. The smallest absolute Gasteiger partial charge is 0.178 e. The van der Waals surface area contributed by atoms with Gasteiger partial charge in [-0.2, -0.15) is 0 Å². The summed E-state index contributed by atoms with van der Waals surface area (Å²) >= 11 is 0. The molecule has 0 fully saturated rings. The van der Waals surface area contributed by atoms with Gasteiger partial charge in [0.25, 0.3) is 0 Å². The lowest BCUT2D eigenvalue weighted by Gasteiger charge is -2.05. The van der Waals surface area contributed by atoms with E-state index in [2.05, 4.69) is 9.97 Å². The van der Waals surface area contributed by atoms with E-state index in [0.717, 1.165) is 22.1 Å². The first kappa shape index (κ1) is 14.5. The number of nitrogens with two attached hydrogens (primary N) is 2. The van der Waals surface area contributed by atoms with Crippen molar-refractivity contribution in [1.29, 1.82) is 0 Å². The highest BCUT2D eigenvalue weighted by Crippen LogP contribution is 2.25. The zero-order chi connectivity index (χ0) is 17.7. The van der Waals surface area contributed by atoms with Crippen LogP contribution in [0.5, 0.6) is 0 Å². The summed E-state index contributed by atoms with van der Waals surface area (Å²) in [5, 5.41) is 0. The van der Waals surface area contributed by atoms with Crippen molar-refractivity contribution in [3.05, 3.63) is 66.7 Å². The van der Waals surface area contributed by atoms with Gasteiger partial charge in [-0.3, -0.25) is 0 Å². The van der Waals surface area contributed by atoms with Crippen LogP contribution in [0.2, 0.25) is 0 Å². The minimum absolute atomic E-state index is 0.590. The van der Waals surface area contributed by atoms with Crippen LogP contribution in [0.1, 0.15) is 0 Å². The first-order valence-corrected chi connectivity index (χ1v) is 8.15. The number of aromatic nitrogens is 5. The van der Waals surface area contributed by atoms with E-state index >= 15 is 0 Å². The molecule has 5 aromatic rings. The van der Waals surface area contributed by atoms with Crippen LogP contribution < -0.4 is 11.7 Å². The van der Waals surface area contributed by atoms with E-state index in [9.17, 15) is 0 Å². The molecule has 126 valence electrons. The highest BCUT2D eigenvalue weighted by atomic mass is 15.3. The van der Waals surface area contributed by atoms with E-state index in [0.29, 0.717) is 23.0 Å². The van der Waals surface area contributed by atoms with Crippen molar-refractivity contribution in [2.45, 2.75) is 0 Å². The summed E-state index contributed by atoms with van der Waals surface area (Å²) in [6, 6.07) is 21.1. The van der Waals surface area contributed by atoms with E-state index in [-0.39, 0.29) is 0 Å². The van der Waals surface area contributed by atoms with Crippen LogP contribution in [-0.4, -0.2) is 24.3 Å². The summed E-state index contributed by atoms with van der Waals surface area (Å²) in [7, 11) is 0. The first-order valence-electron chi connectivity index (χ1n) is 8.15. The average molecular weight is 341 g/mol. The fourth-order valence-corrected chi connectivity index (χ4v) is 3.13. The third-order valence-corrected chi connectivity index (χ3v) is 4.40. The Kier molecular flexibility index (Phi) is 2.96. The maximum absolute atomic E-state index is 6.22. The van der Waals surface area contributed by atoms with Gasteiger partial charge in [0.05, 0.1) is 22.1 Å². The lowest BCUT2D eigenvalue weighted by Crippen LogP contribution is -2.12. The van der Waals surface area contributed by atoms with Crippen LogP contribution in [0.3, 0.4) is 0 Å². The molecule has 7 heteroatoms. The molecule has 0 bridgehead atoms. The Bertz CT molecular complexity index is 1170. The zero-order valence-corrected chi connectivity index (χ0v) is 13.7. The number of rotatable bonds is 2. The van der Waals surface area contributed by atoms with Gasteiger partial charge in [-0.15, -0.1) is 0 Å². The molecule has 5 rings (SSSR count). The highest BCUT2D eigenvalue weighted by Gasteiger charge is 2.15. The number of hydrogen-bond acceptors (Lipinski definition) is 5. The molecule has 0 aliphatic rings. The summed E-state index contributed by atoms with van der Waals surface area (Å²) in [5.74, 6) is 13.6. The third kappa shape index (κ3) is 2.04. The van der Waals surface area contributed by atoms with Crippen LogP contribution in [-0.2, 0) is 0 Å². The number of pyridine rings is 1. The van der Waals surface area contributed by atoms with Crippen LogP contribution in [0.25, 0.3) is 45.1 Å². The number of hydrogen-bond donors (Lipinski definition) is 2. The van der Waals surface area contributed by atoms with Gasteiger partial charge in [0.1, 0.15) is 11.4 Å². The molecule has 3 aromatic heterocycles. The normalized spacial score (nSPS) is 11.4. The molecule has 0 spiro atoms. The maximum atomic E-state index is 6.22. The second kappa shape index (κ2) is 5.32. The van der Waals surface area contributed by atoms with Gasteiger partial charge >= 0.3 is 0 Å². The molecule has 4 N–H and O–H groups in total. The van der Waals surface area contributed by atoms with Gasteiger partial charge in [-0.05, 0) is 36.4 Å². The standard InChI is InChI=1S/C19H15N7/c20-25-16-10-3-1-6-12(16)23-18(25)14-8-5-9-15(22-14)19-24-13-7-2-4-11-17(13)26(19)21/h1-11H,20-21H2. The summed E-state index contributed by atoms with van der Waals surface area (Å²) in [5.41, 5.74) is 4.66.